The largest absolute Gasteiger partial charge is 0.338 e. The van der Waals surface area contributed by atoms with Crippen molar-refractivity contribution in [2.45, 2.75) is 46.1 Å². The summed E-state index contributed by atoms with van der Waals surface area (Å²) in [7, 11) is 0. The highest BCUT2D eigenvalue weighted by molar-refractivity contribution is 4.84. The molecule has 0 aromatic carbocycles. The molecule has 1 saturated heterocycles. The Kier molecular flexibility index (Phi) is 5.79. The van der Waals surface area contributed by atoms with Gasteiger partial charge in [-0.05, 0) is 19.9 Å². The van der Waals surface area contributed by atoms with Crippen molar-refractivity contribution in [2.24, 2.45) is 0 Å². The minimum Gasteiger partial charge on any atom is -0.338 e. The summed E-state index contributed by atoms with van der Waals surface area (Å²) in [4.78, 5) is 9.23. The molecule has 1 aromatic rings. The Hall–Kier alpha value is -0.940. The van der Waals surface area contributed by atoms with Gasteiger partial charge in [0, 0.05) is 26.2 Å². The third kappa shape index (κ3) is 4.91. The van der Waals surface area contributed by atoms with Crippen LogP contribution in [0.5, 0.6) is 0 Å². The highest BCUT2D eigenvalue weighted by Crippen LogP contribution is 2.08. The van der Waals surface area contributed by atoms with Crippen LogP contribution in [0.1, 0.15) is 44.3 Å². The van der Waals surface area contributed by atoms with Crippen LogP contribution in [0.2, 0.25) is 0 Å². The van der Waals surface area contributed by atoms with Crippen molar-refractivity contribution < 1.29 is 4.52 Å². The van der Waals surface area contributed by atoms with Crippen LogP contribution in [0, 0.1) is 6.92 Å². The molecular formula is C14H26N4O. The molecule has 0 unspecified atom stereocenters. The van der Waals surface area contributed by atoms with Crippen molar-refractivity contribution in [1.82, 2.24) is 19.9 Å². The molecule has 0 amide bonds. The normalized spacial score (nSPS) is 18.0. The van der Waals surface area contributed by atoms with E-state index in [1.54, 1.807) is 0 Å². The fraction of sp³-hybridized carbons (Fsp3) is 0.857. The summed E-state index contributed by atoms with van der Waals surface area (Å²) in [6.07, 6.45) is 5.41. The number of piperazine rings is 1. The molecule has 0 bridgehead atoms. The van der Waals surface area contributed by atoms with E-state index in [9.17, 15) is 0 Å². The van der Waals surface area contributed by atoms with Gasteiger partial charge in [0.25, 0.3) is 0 Å². The van der Waals surface area contributed by atoms with Gasteiger partial charge < -0.3 is 9.42 Å². The van der Waals surface area contributed by atoms with Gasteiger partial charge in [0.2, 0.25) is 5.89 Å². The number of hydrogen-bond acceptors (Lipinski definition) is 5. The molecule has 1 fully saturated rings. The van der Waals surface area contributed by atoms with Gasteiger partial charge in [0.05, 0.1) is 6.54 Å². The molecule has 0 atom stereocenters. The first kappa shape index (κ1) is 14.5. The smallest absolute Gasteiger partial charge is 0.240 e. The molecule has 0 aliphatic carbocycles. The fourth-order valence-corrected chi connectivity index (χ4v) is 2.53. The molecular weight excluding hydrogens is 240 g/mol. The second-order valence-corrected chi connectivity index (χ2v) is 5.41. The maximum absolute atomic E-state index is 5.17. The third-order valence-corrected chi connectivity index (χ3v) is 3.72. The Balaban J connectivity index is 1.62. The van der Waals surface area contributed by atoms with E-state index in [0.29, 0.717) is 0 Å². The first-order valence-corrected chi connectivity index (χ1v) is 7.52. The van der Waals surface area contributed by atoms with Crippen LogP contribution in [0.15, 0.2) is 4.52 Å². The molecule has 0 radical (unpaired) electrons. The zero-order valence-electron chi connectivity index (χ0n) is 12.3. The zero-order chi connectivity index (χ0) is 13.5. The molecule has 2 heterocycles. The summed E-state index contributed by atoms with van der Waals surface area (Å²) in [6, 6.07) is 0. The molecule has 2 rings (SSSR count). The van der Waals surface area contributed by atoms with Crippen molar-refractivity contribution in [3.8, 4) is 0 Å². The number of aryl methyl sites for hydroxylation is 1. The van der Waals surface area contributed by atoms with E-state index in [2.05, 4.69) is 26.9 Å². The topological polar surface area (TPSA) is 45.4 Å². The molecule has 0 N–H and O–H groups in total. The lowest BCUT2D eigenvalue weighted by molar-refractivity contribution is 0.115. The third-order valence-electron chi connectivity index (χ3n) is 3.72. The minimum absolute atomic E-state index is 0.726. The number of hydrogen-bond donors (Lipinski definition) is 0. The Bertz CT molecular complexity index is 358. The predicted octanol–water partition coefficient (Wildman–Crippen LogP) is 2.08. The van der Waals surface area contributed by atoms with Crippen molar-refractivity contribution in [1.29, 1.82) is 0 Å². The van der Waals surface area contributed by atoms with Gasteiger partial charge in [-0.15, -0.1) is 0 Å². The minimum atomic E-state index is 0.726. The van der Waals surface area contributed by atoms with E-state index < -0.39 is 0 Å². The van der Waals surface area contributed by atoms with Gasteiger partial charge in [0.1, 0.15) is 0 Å². The Morgan fingerprint density at radius 3 is 2.42 bits per heavy atom. The van der Waals surface area contributed by atoms with Gasteiger partial charge in [-0.1, -0.05) is 31.3 Å². The van der Waals surface area contributed by atoms with E-state index in [4.69, 9.17) is 4.52 Å². The van der Waals surface area contributed by atoms with Crippen molar-refractivity contribution in [2.75, 3.05) is 32.7 Å². The Morgan fingerprint density at radius 2 is 1.79 bits per heavy atom. The first-order valence-electron chi connectivity index (χ1n) is 7.52. The highest BCUT2D eigenvalue weighted by atomic mass is 16.5. The standard InChI is InChI=1S/C14H26N4O/c1-3-4-5-6-7-17-8-10-18(11-9-17)12-14-15-13(2)16-19-14/h3-12H2,1-2H3. The summed E-state index contributed by atoms with van der Waals surface area (Å²) >= 11 is 0. The monoisotopic (exact) mass is 266 g/mol. The molecule has 0 saturated carbocycles. The van der Waals surface area contributed by atoms with Crippen LogP contribution in [0.4, 0.5) is 0 Å². The van der Waals surface area contributed by atoms with Crippen LogP contribution >= 0.6 is 0 Å². The zero-order valence-corrected chi connectivity index (χ0v) is 12.3. The number of aromatic nitrogens is 2. The maximum atomic E-state index is 5.17. The first-order chi connectivity index (χ1) is 9.28. The summed E-state index contributed by atoms with van der Waals surface area (Å²) in [5.74, 6) is 1.47. The summed E-state index contributed by atoms with van der Waals surface area (Å²) < 4.78 is 5.17. The van der Waals surface area contributed by atoms with Crippen LogP contribution < -0.4 is 0 Å². The molecule has 1 aromatic heterocycles. The van der Waals surface area contributed by atoms with E-state index in [0.717, 1.165) is 31.3 Å². The highest BCUT2D eigenvalue weighted by Gasteiger charge is 2.18. The molecule has 19 heavy (non-hydrogen) atoms. The molecule has 5 heteroatoms. The second-order valence-electron chi connectivity index (χ2n) is 5.41. The van der Waals surface area contributed by atoms with Crippen molar-refractivity contribution >= 4 is 0 Å². The summed E-state index contributed by atoms with van der Waals surface area (Å²) in [6.45, 7) is 10.7. The lowest BCUT2D eigenvalue weighted by Crippen LogP contribution is -2.46. The molecule has 1 aliphatic rings. The SMILES string of the molecule is CCCCCCN1CCN(Cc2nc(C)no2)CC1. The maximum Gasteiger partial charge on any atom is 0.240 e. The van der Waals surface area contributed by atoms with Crippen LogP contribution in [-0.2, 0) is 6.54 Å². The quantitative estimate of drug-likeness (QED) is 0.707. The van der Waals surface area contributed by atoms with Gasteiger partial charge in [0.15, 0.2) is 5.82 Å². The van der Waals surface area contributed by atoms with Crippen LogP contribution in [0.3, 0.4) is 0 Å². The second kappa shape index (κ2) is 7.60. The molecule has 108 valence electrons. The molecule has 5 nitrogen and oxygen atoms in total. The van der Waals surface area contributed by atoms with Gasteiger partial charge >= 0.3 is 0 Å². The van der Waals surface area contributed by atoms with Crippen LogP contribution in [-0.4, -0.2) is 52.7 Å². The predicted molar refractivity (Wildman–Crippen MR) is 74.9 cm³/mol. The summed E-state index contributed by atoms with van der Waals surface area (Å²) in [5, 5.41) is 3.83. The lowest BCUT2D eigenvalue weighted by atomic mass is 10.2. The summed E-state index contributed by atoms with van der Waals surface area (Å²) in [5.41, 5.74) is 0. The Labute approximate surface area is 116 Å². The van der Waals surface area contributed by atoms with E-state index >= 15 is 0 Å². The Morgan fingerprint density at radius 1 is 1.05 bits per heavy atom. The number of unbranched alkanes of at least 4 members (excludes halogenated alkanes) is 3. The molecule has 1 aliphatic heterocycles. The van der Waals surface area contributed by atoms with E-state index in [1.807, 2.05) is 6.92 Å². The van der Waals surface area contributed by atoms with Gasteiger partial charge in [-0.3, -0.25) is 4.90 Å². The molecule has 0 spiro atoms. The van der Waals surface area contributed by atoms with Crippen molar-refractivity contribution in [3.63, 3.8) is 0 Å². The van der Waals surface area contributed by atoms with E-state index in [-0.39, 0.29) is 0 Å². The van der Waals surface area contributed by atoms with E-state index in [1.165, 1.54) is 45.3 Å². The fourth-order valence-electron chi connectivity index (χ4n) is 2.53. The van der Waals surface area contributed by atoms with Crippen LogP contribution in [0.25, 0.3) is 0 Å². The van der Waals surface area contributed by atoms with Gasteiger partial charge in [-0.25, -0.2) is 0 Å². The van der Waals surface area contributed by atoms with Crippen molar-refractivity contribution in [3.05, 3.63) is 11.7 Å². The van der Waals surface area contributed by atoms with Gasteiger partial charge in [-0.2, -0.15) is 4.98 Å². The number of rotatable bonds is 7. The lowest BCUT2D eigenvalue weighted by Gasteiger charge is -2.33. The number of nitrogens with zero attached hydrogens (tertiary/aromatic N) is 4. The average Bonchev–Trinajstić information content (AvgIpc) is 2.82. The average molecular weight is 266 g/mol.